The molecule has 1 aliphatic rings. The van der Waals surface area contributed by atoms with Crippen LogP contribution in [-0.2, 0) is 32.6 Å². The summed E-state index contributed by atoms with van der Waals surface area (Å²) in [6, 6.07) is 23.0. The van der Waals surface area contributed by atoms with Crippen LogP contribution in [-0.4, -0.2) is 50.0 Å². The van der Waals surface area contributed by atoms with Crippen LogP contribution in [0.2, 0.25) is 0 Å². The first kappa shape index (κ1) is 33.2. The van der Waals surface area contributed by atoms with Crippen LogP contribution < -0.4 is 9.62 Å². The number of nitrogens with one attached hydrogen (secondary N) is 1. The smallest absolute Gasteiger partial charge is 0.243 e. The van der Waals surface area contributed by atoms with Gasteiger partial charge in [-0.2, -0.15) is 0 Å². The topological polar surface area (TPSA) is 86.8 Å². The maximum absolute atomic E-state index is 14.1. The summed E-state index contributed by atoms with van der Waals surface area (Å²) in [5.74, 6) is -0.297. The summed E-state index contributed by atoms with van der Waals surface area (Å²) >= 11 is 0. The minimum atomic E-state index is -3.57. The van der Waals surface area contributed by atoms with Crippen LogP contribution in [0.4, 0.5) is 5.69 Å². The van der Waals surface area contributed by atoms with Crippen molar-refractivity contribution in [1.82, 2.24) is 10.2 Å². The van der Waals surface area contributed by atoms with Gasteiger partial charge in [0.15, 0.2) is 0 Å². The van der Waals surface area contributed by atoms with E-state index >= 15 is 0 Å². The summed E-state index contributed by atoms with van der Waals surface area (Å²) in [4.78, 5) is 29.8. The number of hydrogen-bond acceptors (Lipinski definition) is 4. The van der Waals surface area contributed by atoms with E-state index in [0.717, 1.165) is 53.5 Å². The van der Waals surface area contributed by atoms with Gasteiger partial charge in [-0.1, -0.05) is 91.6 Å². The molecular formula is C36H47N3O4S. The van der Waals surface area contributed by atoms with Crippen molar-refractivity contribution in [2.75, 3.05) is 17.1 Å². The van der Waals surface area contributed by atoms with Crippen LogP contribution in [0.25, 0.3) is 0 Å². The molecule has 44 heavy (non-hydrogen) atoms. The molecule has 1 aliphatic carbocycles. The van der Waals surface area contributed by atoms with Gasteiger partial charge < -0.3 is 10.2 Å². The van der Waals surface area contributed by atoms with E-state index in [1.807, 2.05) is 93.6 Å². The lowest BCUT2D eigenvalue weighted by atomic mass is 9.94. The number of hydrogen-bond donors (Lipinski definition) is 1. The van der Waals surface area contributed by atoms with Gasteiger partial charge in [0.05, 0.1) is 11.9 Å². The fourth-order valence-corrected chi connectivity index (χ4v) is 6.97. The van der Waals surface area contributed by atoms with E-state index in [0.29, 0.717) is 25.1 Å². The molecule has 0 radical (unpaired) electrons. The average molecular weight is 618 g/mol. The molecule has 1 atom stereocenters. The predicted molar refractivity (Wildman–Crippen MR) is 178 cm³/mol. The van der Waals surface area contributed by atoms with Crippen LogP contribution in [0.3, 0.4) is 0 Å². The first-order valence-electron chi connectivity index (χ1n) is 15.8. The summed E-state index contributed by atoms with van der Waals surface area (Å²) in [5, 5.41) is 3.28. The van der Waals surface area contributed by atoms with Crippen molar-refractivity contribution in [2.24, 2.45) is 0 Å². The number of benzene rings is 3. The summed E-state index contributed by atoms with van der Waals surface area (Å²) in [6.07, 6.45) is 7.32. The molecule has 0 spiro atoms. The molecule has 0 aromatic heterocycles. The van der Waals surface area contributed by atoms with Crippen LogP contribution in [0, 0.1) is 20.8 Å². The second-order valence-electron chi connectivity index (χ2n) is 12.3. The molecule has 3 aromatic carbocycles. The third kappa shape index (κ3) is 9.42. The van der Waals surface area contributed by atoms with Gasteiger partial charge >= 0.3 is 0 Å². The fourth-order valence-electron chi connectivity index (χ4n) is 5.96. The molecule has 2 amide bonds. The second-order valence-corrected chi connectivity index (χ2v) is 14.2. The maximum Gasteiger partial charge on any atom is 0.243 e. The van der Waals surface area contributed by atoms with Gasteiger partial charge in [0.1, 0.15) is 6.04 Å². The Morgan fingerprint density at radius 3 is 2.18 bits per heavy atom. The molecule has 8 heteroatoms. The predicted octanol–water partition coefficient (Wildman–Crippen LogP) is 6.25. The van der Waals surface area contributed by atoms with Gasteiger partial charge in [0.25, 0.3) is 0 Å². The third-order valence-corrected chi connectivity index (χ3v) is 9.66. The second kappa shape index (κ2) is 15.4. The zero-order chi connectivity index (χ0) is 31.7. The summed E-state index contributed by atoms with van der Waals surface area (Å²) in [6.45, 7) is 6.31. The van der Waals surface area contributed by atoms with Gasteiger partial charge in [-0.3, -0.25) is 13.9 Å². The molecule has 4 rings (SSSR count). The quantitative estimate of drug-likeness (QED) is 0.246. The van der Waals surface area contributed by atoms with Gasteiger partial charge in [0, 0.05) is 32.0 Å². The van der Waals surface area contributed by atoms with Gasteiger partial charge in [-0.15, -0.1) is 0 Å². The lowest BCUT2D eigenvalue weighted by Gasteiger charge is -2.34. The van der Waals surface area contributed by atoms with Gasteiger partial charge in [-0.25, -0.2) is 8.42 Å². The molecule has 1 saturated carbocycles. The number of sulfonamides is 1. The van der Waals surface area contributed by atoms with Crippen LogP contribution in [0.5, 0.6) is 0 Å². The molecule has 0 heterocycles. The van der Waals surface area contributed by atoms with Gasteiger partial charge in [-0.05, 0) is 68.4 Å². The highest BCUT2D eigenvalue weighted by Gasteiger charge is 2.32. The molecular weight excluding hydrogens is 570 g/mol. The zero-order valence-corrected chi connectivity index (χ0v) is 27.4. The van der Waals surface area contributed by atoms with Crippen molar-refractivity contribution >= 4 is 27.5 Å². The highest BCUT2D eigenvalue weighted by atomic mass is 32.2. The molecule has 1 N–H and O–H groups in total. The SMILES string of the molecule is Cc1ccc(CN(C(=O)CCCN(c2cc(C)ccc2C)S(C)(=O)=O)[C@H](Cc2ccccc2)C(=O)NC2CCCCC2)cc1. The number of carbonyl (C=O) groups excluding carboxylic acids is 2. The normalized spacial score (nSPS) is 14.5. The first-order chi connectivity index (χ1) is 21.0. The Morgan fingerprint density at radius 1 is 0.864 bits per heavy atom. The van der Waals surface area contributed by atoms with E-state index in [-0.39, 0.29) is 30.8 Å². The molecule has 0 aliphatic heterocycles. The van der Waals surface area contributed by atoms with Crippen LogP contribution in [0.15, 0.2) is 72.8 Å². The highest BCUT2D eigenvalue weighted by molar-refractivity contribution is 7.92. The molecule has 0 bridgehead atoms. The summed E-state index contributed by atoms with van der Waals surface area (Å²) < 4.78 is 27.1. The lowest BCUT2D eigenvalue weighted by molar-refractivity contribution is -0.141. The minimum Gasteiger partial charge on any atom is -0.352 e. The van der Waals surface area contributed by atoms with Gasteiger partial charge in [0.2, 0.25) is 21.8 Å². The van der Waals surface area contributed by atoms with Crippen molar-refractivity contribution in [3.63, 3.8) is 0 Å². The van der Waals surface area contributed by atoms with Crippen molar-refractivity contribution in [1.29, 1.82) is 0 Å². The third-order valence-electron chi connectivity index (χ3n) is 8.48. The molecule has 3 aromatic rings. The largest absolute Gasteiger partial charge is 0.352 e. The van der Waals surface area contributed by atoms with Crippen LogP contribution in [0.1, 0.15) is 72.8 Å². The average Bonchev–Trinajstić information content (AvgIpc) is 2.99. The molecule has 0 unspecified atom stereocenters. The number of nitrogens with zero attached hydrogens (tertiary/aromatic N) is 2. The minimum absolute atomic E-state index is 0.116. The van der Waals surface area contributed by atoms with E-state index in [9.17, 15) is 18.0 Å². The number of aryl methyl sites for hydroxylation is 3. The number of rotatable bonds is 13. The fraction of sp³-hybridized carbons (Fsp3) is 0.444. The molecule has 236 valence electrons. The Kier molecular flexibility index (Phi) is 11.6. The monoisotopic (exact) mass is 617 g/mol. The molecule has 1 fully saturated rings. The summed E-state index contributed by atoms with van der Waals surface area (Å²) in [7, 11) is -3.57. The first-order valence-corrected chi connectivity index (χ1v) is 17.6. The Labute approximate surface area is 263 Å². The van der Waals surface area contributed by atoms with Crippen LogP contribution >= 0.6 is 0 Å². The molecule has 0 saturated heterocycles. The van der Waals surface area contributed by atoms with Crippen molar-refractivity contribution in [3.05, 3.63) is 101 Å². The van der Waals surface area contributed by atoms with E-state index in [2.05, 4.69) is 5.32 Å². The van der Waals surface area contributed by atoms with E-state index in [1.165, 1.54) is 17.0 Å². The summed E-state index contributed by atoms with van der Waals surface area (Å²) in [5.41, 5.74) is 5.50. The van der Waals surface area contributed by atoms with E-state index in [1.54, 1.807) is 4.90 Å². The Hall–Kier alpha value is -3.65. The Balaban J connectivity index is 1.60. The number of carbonyl (C=O) groups is 2. The zero-order valence-electron chi connectivity index (χ0n) is 26.6. The van der Waals surface area contributed by atoms with Crippen molar-refractivity contribution in [3.8, 4) is 0 Å². The standard InChI is InChI=1S/C36H47N3O4S/c1-27-18-21-31(22-19-27)26-38(34(25-30-12-7-5-8-13-30)36(41)37-32-14-9-6-10-15-32)35(40)16-11-23-39(44(4,42)43)33-24-28(2)17-20-29(33)3/h5,7-8,12-13,17-22,24,32,34H,6,9-11,14-16,23,25-26H2,1-4H3,(H,37,41)/t34-/m1/s1. The number of amides is 2. The van der Waals surface area contributed by atoms with Crippen molar-refractivity contribution in [2.45, 2.75) is 90.8 Å². The lowest BCUT2D eigenvalue weighted by Crippen LogP contribution is -2.52. The van der Waals surface area contributed by atoms with E-state index in [4.69, 9.17) is 0 Å². The van der Waals surface area contributed by atoms with Crippen molar-refractivity contribution < 1.29 is 18.0 Å². The number of anilines is 1. The molecule has 7 nitrogen and oxygen atoms in total. The highest BCUT2D eigenvalue weighted by Crippen LogP contribution is 2.25. The Bertz CT molecular complexity index is 1500. The maximum atomic E-state index is 14.1. The Morgan fingerprint density at radius 2 is 1.52 bits per heavy atom. The van der Waals surface area contributed by atoms with E-state index < -0.39 is 16.1 Å².